The Kier molecular flexibility index (Phi) is 6.65. The minimum Gasteiger partial charge on any atom is -0.393 e. The molecule has 0 spiro atoms. The summed E-state index contributed by atoms with van der Waals surface area (Å²) in [5.41, 5.74) is 7.99. The van der Waals surface area contributed by atoms with E-state index in [0.29, 0.717) is 24.4 Å². The number of carbonyl (C=O) groups is 1. The molecule has 0 unspecified atom stereocenters. The van der Waals surface area contributed by atoms with Gasteiger partial charge in [-0.25, -0.2) is 0 Å². The number of rotatable bonds is 7. The van der Waals surface area contributed by atoms with Crippen molar-refractivity contribution in [3.05, 3.63) is 35.4 Å². The van der Waals surface area contributed by atoms with Crippen molar-refractivity contribution >= 4 is 23.1 Å². The zero-order chi connectivity index (χ0) is 15.1. The van der Waals surface area contributed by atoms with E-state index in [2.05, 4.69) is 19.1 Å². The van der Waals surface area contributed by atoms with Gasteiger partial charge in [0, 0.05) is 25.4 Å². The van der Waals surface area contributed by atoms with E-state index in [1.54, 1.807) is 0 Å². The lowest BCUT2D eigenvalue weighted by molar-refractivity contribution is -0.132. The Morgan fingerprint density at radius 1 is 1.30 bits per heavy atom. The standard InChI is InChI=1S/C16H24N2OS/c1-12(2)18(11-10-15(17)20)16(19)9-8-14-7-5-4-6-13(14)3/h4-7,12H,8-11H2,1-3H3,(H2,17,20). The van der Waals surface area contributed by atoms with Crippen molar-refractivity contribution in [1.29, 1.82) is 0 Å². The lowest BCUT2D eigenvalue weighted by Gasteiger charge is -2.26. The molecule has 0 heterocycles. The van der Waals surface area contributed by atoms with Crippen LogP contribution >= 0.6 is 12.2 Å². The first-order valence-corrected chi connectivity index (χ1v) is 7.45. The molecule has 2 N–H and O–H groups in total. The summed E-state index contributed by atoms with van der Waals surface area (Å²) in [6.07, 6.45) is 1.89. The number of benzene rings is 1. The van der Waals surface area contributed by atoms with Crippen LogP contribution in [0.4, 0.5) is 0 Å². The molecular formula is C16H24N2OS. The molecule has 0 bridgehead atoms. The third-order valence-electron chi connectivity index (χ3n) is 3.41. The molecule has 0 atom stereocenters. The van der Waals surface area contributed by atoms with Crippen LogP contribution in [0.5, 0.6) is 0 Å². The summed E-state index contributed by atoms with van der Waals surface area (Å²) in [4.78, 5) is 14.6. The average Bonchev–Trinajstić information content (AvgIpc) is 2.37. The maximum Gasteiger partial charge on any atom is 0.223 e. The molecule has 3 nitrogen and oxygen atoms in total. The van der Waals surface area contributed by atoms with Crippen LogP contribution in [-0.4, -0.2) is 28.4 Å². The second kappa shape index (κ2) is 8.00. The number of thiocarbonyl (C=S) groups is 1. The molecule has 1 rings (SSSR count). The van der Waals surface area contributed by atoms with Gasteiger partial charge in [0.1, 0.15) is 0 Å². The molecule has 0 fully saturated rings. The van der Waals surface area contributed by atoms with E-state index >= 15 is 0 Å². The van der Waals surface area contributed by atoms with Crippen molar-refractivity contribution in [3.63, 3.8) is 0 Å². The van der Waals surface area contributed by atoms with E-state index in [9.17, 15) is 4.79 Å². The van der Waals surface area contributed by atoms with Crippen LogP contribution in [0.2, 0.25) is 0 Å². The Balaban J connectivity index is 2.58. The molecule has 20 heavy (non-hydrogen) atoms. The average molecular weight is 292 g/mol. The predicted molar refractivity (Wildman–Crippen MR) is 87.8 cm³/mol. The van der Waals surface area contributed by atoms with Gasteiger partial charge in [0.2, 0.25) is 5.91 Å². The van der Waals surface area contributed by atoms with Crippen LogP contribution < -0.4 is 5.73 Å². The second-order valence-electron chi connectivity index (χ2n) is 5.32. The van der Waals surface area contributed by atoms with Crippen molar-refractivity contribution in [3.8, 4) is 0 Å². The predicted octanol–water partition coefficient (Wildman–Crippen LogP) is 2.84. The van der Waals surface area contributed by atoms with Crippen LogP contribution in [-0.2, 0) is 11.2 Å². The smallest absolute Gasteiger partial charge is 0.223 e. The van der Waals surface area contributed by atoms with Gasteiger partial charge >= 0.3 is 0 Å². The Hall–Kier alpha value is -1.42. The maximum atomic E-state index is 12.3. The van der Waals surface area contributed by atoms with Gasteiger partial charge < -0.3 is 10.6 Å². The fraction of sp³-hybridized carbons (Fsp3) is 0.500. The number of aryl methyl sites for hydroxylation is 2. The molecule has 0 radical (unpaired) electrons. The molecule has 0 aliphatic rings. The molecule has 4 heteroatoms. The molecule has 0 saturated carbocycles. The molecule has 0 saturated heterocycles. The first-order chi connectivity index (χ1) is 9.41. The van der Waals surface area contributed by atoms with Crippen LogP contribution in [0.3, 0.4) is 0 Å². The first kappa shape index (κ1) is 16.6. The fourth-order valence-electron chi connectivity index (χ4n) is 2.18. The second-order valence-corrected chi connectivity index (χ2v) is 5.85. The van der Waals surface area contributed by atoms with Crippen molar-refractivity contribution in [2.75, 3.05) is 6.54 Å². The lowest BCUT2D eigenvalue weighted by Crippen LogP contribution is -2.39. The van der Waals surface area contributed by atoms with Gasteiger partial charge in [0.05, 0.1) is 4.99 Å². The number of carbonyl (C=O) groups excluding carboxylic acids is 1. The number of amides is 1. The van der Waals surface area contributed by atoms with Gasteiger partial charge in [-0.05, 0) is 38.3 Å². The number of nitrogens with two attached hydrogens (primary N) is 1. The van der Waals surface area contributed by atoms with E-state index in [1.807, 2.05) is 30.9 Å². The molecule has 0 aliphatic carbocycles. The minimum absolute atomic E-state index is 0.166. The van der Waals surface area contributed by atoms with E-state index in [-0.39, 0.29) is 11.9 Å². The quantitative estimate of drug-likeness (QED) is 0.786. The highest BCUT2D eigenvalue weighted by Gasteiger charge is 2.16. The minimum atomic E-state index is 0.166. The molecule has 1 aromatic carbocycles. The normalized spacial score (nSPS) is 10.6. The summed E-state index contributed by atoms with van der Waals surface area (Å²) in [6, 6.07) is 8.36. The first-order valence-electron chi connectivity index (χ1n) is 7.04. The number of hydrogen-bond acceptors (Lipinski definition) is 2. The van der Waals surface area contributed by atoms with Crippen molar-refractivity contribution in [2.45, 2.75) is 46.1 Å². The highest BCUT2D eigenvalue weighted by molar-refractivity contribution is 7.80. The van der Waals surface area contributed by atoms with Crippen LogP contribution in [0.15, 0.2) is 24.3 Å². The van der Waals surface area contributed by atoms with Gasteiger partial charge in [-0.3, -0.25) is 4.79 Å². The molecular weight excluding hydrogens is 268 g/mol. The van der Waals surface area contributed by atoms with Crippen molar-refractivity contribution < 1.29 is 4.79 Å². The van der Waals surface area contributed by atoms with E-state index in [4.69, 9.17) is 18.0 Å². The van der Waals surface area contributed by atoms with Crippen LogP contribution in [0, 0.1) is 6.92 Å². The van der Waals surface area contributed by atoms with Crippen LogP contribution in [0.1, 0.15) is 37.8 Å². The van der Waals surface area contributed by atoms with Crippen molar-refractivity contribution in [2.24, 2.45) is 5.73 Å². The summed E-state index contributed by atoms with van der Waals surface area (Å²) < 4.78 is 0. The SMILES string of the molecule is Cc1ccccc1CCC(=O)N(CCC(N)=S)C(C)C. The Morgan fingerprint density at radius 2 is 1.95 bits per heavy atom. The van der Waals surface area contributed by atoms with Crippen LogP contribution in [0.25, 0.3) is 0 Å². The number of nitrogens with zero attached hydrogens (tertiary/aromatic N) is 1. The summed E-state index contributed by atoms with van der Waals surface area (Å²) in [7, 11) is 0. The Morgan fingerprint density at radius 3 is 2.50 bits per heavy atom. The molecule has 0 aromatic heterocycles. The topological polar surface area (TPSA) is 46.3 Å². The molecule has 1 amide bonds. The molecule has 110 valence electrons. The largest absolute Gasteiger partial charge is 0.393 e. The molecule has 0 aliphatic heterocycles. The maximum absolute atomic E-state index is 12.3. The summed E-state index contributed by atoms with van der Waals surface area (Å²) in [5.74, 6) is 0.166. The third kappa shape index (κ3) is 5.29. The third-order valence-corrected chi connectivity index (χ3v) is 3.62. The highest BCUT2D eigenvalue weighted by atomic mass is 32.1. The van der Waals surface area contributed by atoms with E-state index in [0.717, 1.165) is 6.42 Å². The zero-order valence-corrected chi connectivity index (χ0v) is 13.4. The Labute approximate surface area is 127 Å². The number of hydrogen-bond donors (Lipinski definition) is 1. The summed E-state index contributed by atoms with van der Waals surface area (Å²) in [5, 5.41) is 0. The van der Waals surface area contributed by atoms with Gasteiger partial charge in [0.25, 0.3) is 0 Å². The van der Waals surface area contributed by atoms with Gasteiger partial charge in [-0.2, -0.15) is 0 Å². The van der Waals surface area contributed by atoms with E-state index in [1.165, 1.54) is 11.1 Å². The van der Waals surface area contributed by atoms with E-state index < -0.39 is 0 Å². The summed E-state index contributed by atoms with van der Waals surface area (Å²) >= 11 is 4.89. The summed E-state index contributed by atoms with van der Waals surface area (Å²) in [6.45, 7) is 6.73. The van der Waals surface area contributed by atoms with Gasteiger partial charge in [-0.15, -0.1) is 0 Å². The Bertz CT molecular complexity index is 471. The van der Waals surface area contributed by atoms with Gasteiger partial charge in [0.15, 0.2) is 0 Å². The lowest BCUT2D eigenvalue weighted by atomic mass is 10.0. The molecule has 1 aromatic rings. The van der Waals surface area contributed by atoms with Gasteiger partial charge in [-0.1, -0.05) is 36.5 Å². The highest BCUT2D eigenvalue weighted by Crippen LogP contribution is 2.12. The zero-order valence-electron chi connectivity index (χ0n) is 12.6. The van der Waals surface area contributed by atoms with Crippen molar-refractivity contribution in [1.82, 2.24) is 4.90 Å². The monoisotopic (exact) mass is 292 g/mol. The fourth-order valence-corrected chi connectivity index (χ4v) is 2.27.